The highest BCUT2D eigenvalue weighted by molar-refractivity contribution is 9.09. The second-order valence-corrected chi connectivity index (χ2v) is 3.86. The van der Waals surface area contributed by atoms with Gasteiger partial charge < -0.3 is 0 Å². The topological polar surface area (TPSA) is 35.5 Å². The van der Waals surface area contributed by atoms with Gasteiger partial charge in [0.15, 0.2) is 0 Å². The molecule has 0 fully saturated rings. The Kier molecular flexibility index (Phi) is 18.4. The molecule has 0 radical (unpaired) electrons. The van der Waals surface area contributed by atoms with E-state index in [1.54, 1.807) is 13.8 Å². The number of rotatable bonds is 6. The molecule has 0 aliphatic rings. The highest BCUT2D eigenvalue weighted by Crippen LogP contribution is 2.21. The fourth-order valence-corrected chi connectivity index (χ4v) is 1.44. The molecule has 0 bridgehead atoms. The van der Waals surface area contributed by atoms with Crippen LogP contribution in [0.4, 0.5) is 0 Å². The van der Waals surface area contributed by atoms with Crippen molar-refractivity contribution in [1.82, 2.24) is 0 Å². The van der Waals surface area contributed by atoms with Gasteiger partial charge in [-0.15, -0.1) is 9.05 Å². The van der Waals surface area contributed by atoms with Crippen LogP contribution < -0.4 is 0 Å². The maximum Gasteiger partial charge on any atom is 0.697 e. The minimum Gasteiger partial charge on any atom is -0.119 e. The standard InChI is InChI=1S/C4H9Br.C4H10O3P/c1-2-3-4-5;1-3-6-8(5)7-4-2/h2-4H2,1H3;3-4H2,1-2H3/q;+1. The first-order chi connectivity index (χ1) is 6.22. The summed E-state index contributed by atoms with van der Waals surface area (Å²) in [5, 5.41) is 1.16. The summed E-state index contributed by atoms with van der Waals surface area (Å²) in [4.78, 5) is 0. The second-order valence-electron chi connectivity index (χ2n) is 2.10. The lowest BCUT2D eigenvalue weighted by Crippen LogP contribution is -1.81. The summed E-state index contributed by atoms with van der Waals surface area (Å²) >= 11 is 3.31. The molecule has 0 aliphatic heterocycles. The summed E-state index contributed by atoms with van der Waals surface area (Å²) in [6.45, 7) is 6.60. The molecule has 0 aromatic carbocycles. The first-order valence-corrected chi connectivity index (χ1v) is 6.73. The van der Waals surface area contributed by atoms with Crippen LogP contribution in [-0.2, 0) is 13.6 Å². The van der Waals surface area contributed by atoms with Gasteiger partial charge in [-0.2, -0.15) is 0 Å². The predicted molar refractivity (Wildman–Crippen MR) is 59.6 cm³/mol. The van der Waals surface area contributed by atoms with E-state index < -0.39 is 8.25 Å². The molecule has 0 atom stereocenters. The Morgan fingerprint density at radius 3 is 1.77 bits per heavy atom. The fourth-order valence-electron chi connectivity index (χ4n) is 0.382. The van der Waals surface area contributed by atoms with Crippen molar-refractivity contribution in [3.05, 3.63) is 0 Å². The van der Waals surface area contributed by atoms with Crippen LogP contribution >= 0.6 is 24.2 Å². The molecule has 0 saturated heterocycles. The minimum atomic E-state index is -1.83. The van der Waals surface area contributed by atoms with E-state index in [0.29, 0.717) is 13.2 Å². The van der Waals surface area contributed by atoms with Gasteiger partial charge in [-0.3, -0.25) is 0 Å². The van der Waals surface area contributed by atoms with E-state index in [2.05, 4.69) is 31.9 Å². The van der Waals surface area contributed by atoms with Crippen LogP contribution in [0.5, 0.6) is 0 Å². The first kappa shape index (κ1) is 15.9. The van der Waals surface area contributed by atoms with Crippen molar-refractivity contribution in [2.45, 2.75) is 33.6 Å². The lowest BCUT2D eigenvalue weighted by Gasteiger charge is -1.78. The van der Waals surface area contributed by atoms with E-state index in [-0.39, 0.29) is 0 Å². The van der Waals surface area contributed by atoms with Crippen molar-refractivity contribution in [3.63, 3.8) is 0 Å². The molecule has 0 aromatic heterocycles. The van der Waals surface area contributed by atoms with Gasteiger partial charge in [0, 0.05) is 9.90 Å². The SMILES string of the molecule is CCCCBr.CCO[P+](=O)OCC. The van der Waals surface area contributed by atoms with Crippen LogP contribution in [0.3, 0.4) is 0 Å². The molecule has 0 amide bonds. The molecular formula is C8H19BrO3P+. The summed E-state index contributed by atoms with van der Waals surface area (Å²) < 4.78 is 19.5. The number of unbranched alkanes of at least 4 members (excludes halogenated alkanes) is 1. The monoisotopic (exact) mass is 273 g/mol. The molecule has 13 heavy (non-hydrogen) atoms. The minimum absolute atomic E-state index is 0.440. The third kappa shape index (κ3) is 19.1. The van der Waals surface area contributed by atoms with Crippen LogP contribution in [0.1, 0.15) is 33.6 Å². The first-order valence-electron chi connectivity index (χ1n) is 4.51. The Labute approximate surface area is 90.3 Å². The Morgan fingerprint density at radius 1 is 1.15 bits per heavy atom. The molecule has 0 rings (SSSR count). The summed E-state index contributed by atoms with van der Waals surface area (Å²) in [5.41, 5.74) is 0. The molecule has 80 valence electrons. The van der Waals surface area contributed by atoms with Crippen LogP contribution in [-0.4, -0.2) is 18.5 Å². The zero-order valence-electron chi connectivity index (χ0n) is 8.59. The summed E-state index contributed by atoms with van der Waals surface area (Å²) in [6.07, 6.45) is 2.60. The Balaban J connectivity index is 0. The highest BCUT2D eigenvalue weighted by Gasteiger charge is 2.15. The van der Waals surface area contributed by atoms with Crippen molar-refractivity contribution in [1.29, 1.82) is 0 Å². The van der Waals surface area contributed by atoms with Crippen LogP contribution in [0, 0.1) is 0 Å². The highest BCUT2D eigenvalue weighted by atomic mass is 79.9. The van der Waals surface area contributed by atoms with Crippen molar-refractivity contribution < 1.29 is 13.6 Å². The second kappa shape index (κ2) is 15.0. The van der Waals surface area contributed by atoms with E-state index in [9.17, 15) is 4.57 Å². The van der Waals surface area contributed by atoms with Crippen LogP contribution in [0.15, 0.2) is 0 Å². The van der Waals surface area contributed by atoms with Crippen molar-refractivity contribution in [2.75, 3.05) is 18.5 Å². The Hall–Kier alpha value is 0.500. The molecular weight excluding hydrogens is 255 g/mol. The average Bonchev–Trinajstić information content (AvgIpc) is 2.08. The summed E-state index contributed by atoms with van der Waals surface area (Å²) in [5.74, 6) is 0. The van der Waals surface area contributed by atoms with E-state index in [4.69, 9.17) is 0 Å². The Bertz CT molecular complexity index is 102. The number of hydrogen-bond acceptors (Lipinski definition) is 3. The molecule has 3 nitrogen and oxygen atoms in total. The molecule has 5 heteroatoms. The molecule has 0 spiro atoms. The van der Waals surface area contributed by atoms with Gasteiger partial charge in [0.25, 0.3) is 0 Å². The van der Waals surface area contributed by atoms with E-state index in [1.807, 2.05) is 0 Å². The normalized spacial score (nSPS) is 8.92. The van der Waals surface area contributed by atoms with Gasteiger partial charge in [-0.25, -0.2) is 0 Å². The zero-order chi connectivity index (χ0) is 10.5. The van der Waals surface area contributed by atoms with Gasteiger partial charge in [0.05, 0.1) is 0 Å². The molecule has 0 unspecified atom stereocenters. The lowest BCUT2D eigenvalue weighted by atomic mass is 10.4. The fraction of sp³-hybridized carbons (Fsp3) is 1.00. The van der Waals surface area contributed by atoms with E-state index in [1.165, 1.54) is 12.8 Å². The van der Waals surface area contributed by atoms with Gasteiger partial charge >= 0.3 is 8.25 Å². The van der Waals surface area contributed by atoms with E-state index >= 15 is 0 Å². The molecule has 0 heterocycles. The van der Waals surface area contributed by atoms with Crippen molar-refractivity contribution >= 4 is 24.2 Å². The van der Waals surface area contributed by atoms with Gasteiger partial charge in [0.2, 0.25) is 0 Å². The summed E-state index contributed by atoms with van der Waals surface area (Å²) in [7, 11) is -1.83. The maximum atomic E-state index is 10.3. The molecule has 0 saturated carbocycles. The smallest absolute Gasteiger partial charge is 0.119 e. The molecule has 0 aromatic rings. The summed E-state index contributed by atoms with van der Waals surface area (Å²) in [6, 6.07) is 0. The number of alkyl halides is 1. The molecule has 0 N–H and O–H groups in total. The lowest BCUT2D eigenvalue weighted by molar-refractivity contribution is 0.243. The number of hydrogen-bond donors (Lipinski definition) is 0. The van der Waals surface area contributed by atoms with Gasteiger partial charge in [-0.1, -0.05) is 29.3 Å². The quantitative estimate of drug-likeness (QED) is 0.544. The van der Waals surface area contributed by atoms with Gasteiger partial charge in [0.1, 0.15) is 13.2 Å². The zero-order valence-corrected chi connectivity index (χ0v) is 11.1. The van der Waals surface area contributed by atoms with Crippen molar-refractivity contribution in [2.24, 2.45) is 0 Å². The van der Waals surface area contributed by atoms with Gasteiger partial charge in [-0.05, 0) is 20.3 Å². The average molecular weight is 274 g/mol. The number of halogens is 1. The largest absolute Gasteiger partial charge is 0.697 e. The third-order valence-corrected chi connectivity index (χ3v) is 2.45. The van der Waals surface area contributed by atoms with E-state index in [0.717, 1.165) is 5.33 Å². The Morgan fingerprint density at radius 2 is 1.62 bits per heavy atom. The predicted octanol–water partition coefficient (Wildman–Crippen LogP) is 3.90. The third-order valence-electron chi connectivity index (χ3n) is 0.956. The van der Waals surface area contributed by atoms with Crippen molar-refractivity contribution in [3.8, 4) is 0 Å². The maximum absolute atomic E-state index is 10.3. The van der Waals surface area contributed by atoms with Crippen LogP contribution in [0.25, 0.3) is 0 Å². The van der Waals surface area contributed by atoms with Crippen LogP contribution in [0.2, 0.25) is 0 Å². The molecule has 0 aliphatic carbocycles.